The van der Waals surface area contributed by atoms with Gasteiger partial charge >= 0.3 is 0 Å². The number of nitrogens with one attached hydrogen (secondary N) is 2. The predicted octanol–water partition coefficient (Wildman–Crippen LogP) is 2.85. The number of imidazole rings is 1. The Morgan fingerprint density at radius 3 is 2.43 bits per heavy atom. The van der Waals surface area contributed by atoms with Crippen LogP contribution in [0.1, 0.15) is 36.4 Å². The third kappa shape index (κ3) is 4.41. The first-order valence-corrected chi connectivity index (χ1v) is 7.73. The number of aromatic amines is 1. The standard InChI is InChI=1S/C17H26N4/c1-4-21(5-2)12-16-9-7-6-8-15(16)10-18-11-17-14(3)19-13-20-17/h6-9,13,18H,4-5,10-12H2,1-3H3,(H,19,20). The van der Waals surface area contributed by atoms with Gasteiger partial charge in [0.25, 0.3) is 0 Å². The van der Waals surface area contributed by atoms with Gasteiger partial charge in [-0.05, 0) is 31.1 Å². The molecule has 0 aliphatic rings. The topological polar surface area (TPSA) is 44.0 Å². The minimum Gasteiger partial charge on any atom is -0.348 e. The second kappa shape index (κ2) is 7.96. The van der Waals surface area contributed by atoms with Gasteiger partial charge in [0, 0.05) is 25.3 Å². The van der Waals surface area contributed by atoms with Gasteiger partial charge in [-0.15, -0.1) is 0 Å². The molecule has 4 nitrogen and oxygen atoms in total. The number of hydrogen-bond donors (Lipinski definition) is 2. The Morgan fingerprint density at radius 2 is 1.81 bits per heavy atom. The molecule has 0 aliphatic heterocycles. The molecule has 0 amide bonds. The van der Waals surface area contributed by atoms with E-state index in [1.165, 1.54) is 11.1 Å². The maximum atomic E-state index is 4.32. The molecular formula is C17H26N4. The molecule has 4 heteroatoms. The molecule has 0 saturated carbocycles. The lowest BCUT2D eigenvalue weighted by molar-refractivity contribution is 0.294. The summed E-state index contributed by atoms with van der Waals surface area (Å²) in [5, 5.41) is 3.49. The Bertz CT molecular complexity index is 543. The fraction of sp³-hybridized carbons (Fsp3) is 0.471. The van der Waals surface area contributed by atoms with Crippen LogP contribution < -0.4 is 5.32 Å². The van der Waals surface area contributed by atoms with E-state index in [0.717, 1.165) is 44.1 Å². The van der Waals surface area contributed by atoms with Gasteiger partial charge in [0.2, 0.25) is 0 Å². The first kappa shape index (κ1) is 15.7. The number of rotatable bonds is 8. The van der Waals surface area contributed by atoms with Gasteiger partial charge in [-0.3, -0.25) is 4.90 Å². The summed E-state index contributed by atoms with van der Waals surface area (Å²) in [4.78, 5) is 9.87. The highest BCUT2D eigenvalue weighted by Crippen LogP contribution is 2.12. The van der Waals surface area contributed by atoms with E-state index in [9.17, 15) is 0 Å². The number of aryl methyl sites for hydroxylation is 1. The molecule has 0 unspecified atom stereocenters. The average molecular weight is 286 g/mol. The van der Waals surface area contributed by atoms with E-state index in [1.54, 1.807) is 6.33 Å². The Morgan fingerprint density at radius 1 is 1.10 bits per heavy atom. The molecule has 0 spiro atoms. The normalized spacial score (nSPS) is 11.2. The summed E-state index contributed by atoms with van der Waals surface area (Å²) in [5.41, 5.74) is 5.01. The van der Waals surface area contributed by atoms with Gasteiger partial charge in [-0.2, -0.15) is 0 Å². The molecule has 1 heterocycles. The quantitative estimate of drug-likeness (QED) is 0.784. The van der Waals surface area contributed by atoms with Crippen LogP contribution in [0.2, 0.25) is 0 Å². The van der Waals surface area contributed by atoms with Crippen molar-refractivity contribution in [1.82, 2.24) is 20.2 Å². The van der Waals surface area contributed by atoms with Crippen molar-refractivity contribution in [2.45, 2.75) is 40.4 Å². The second-order valence-electron chi connectivity index (χ2n) is 5.31. The number of aromatic nitrogens is 2. The molecule has 114 valence electrons. The van der Waals surface area contributed by atoms with Crippen LogP contribution in [0, 0.1) is 6.92 Å². The number of nitrogens with zero attached hydrogens (tertiary/aromatic N) is 2. The van der Waals surface area contributed by atoms with Crippen molar-refractivity contribution in [3.05, 3.63) is 53.1 Å². The van der Waals surface area contributed by atoms with E-state index >= 15 is 0 Å². The molecular weight excluding hydrogens is 260 g/mol. The Kier molecular flexibility index (Phi) is 5.96. The summed E-state index contributed by atoms with van der Waals surface area (Å²) in [7, 11) is 0. The lowest BCUT2D eigenvalue weighted by Crippen LogP contribution is -2.23. The van der Waals surface area contributed by atoms with Crippen LogP contribution in [0.3, 0.4) is 0 Å². The molecule has 0 bridgehead atoms. The smallest absolute Gasteiger partial charge is 0.0925 e. The van der Waals surface area contributed by atoms with Crippen molar-refractivity contribution in [2.75, 3.05) is 13.1 Å². The third-order valence-corrected chi connectivity index (χ3v) is 3.95. The molecule has 0 fully saturated rings. The van der Waals surface area contributed by atoms with E-state index in [2.05, 4.69) is 65.2 Å². The number of benzene rings is 1. The summed E-state index contributed by atoms with van der Waals surface area (Å²) in [6.07, 6.45) is 1.75. The number of H-pyrrole nitrogens is 1. The molecule has 0 aliphatic carbocycles. The summed E-state index contributed by atoms with van der Waals surface area (Å²) < 4.78 is 0. The largest absolute Gasteiger partial charge is 0.348 e. The maximum absolute atomic E-state index is 4.32. The van der Waals surface area contributed by atoms with Crippen LogP contribution in [0.5, 0.6) is 0 Å². The van der Waals surface area contributed by atoms with Crippen molar-refractivity contribution in [2.24, 2.45) is 0 Å². The molecule has 0 saturated heterocycles. The average Bonchev–Trinajstić information content (AvgIpc) is 2.91. The van der Waals surface area contributed by atoms with Crippen LogP contribution in [0.25, 0.3) is 0 Å². The molecule has 1 aromatic heterocycles. The van der Waals surface area contributed by atoms with E-state index < -0.39 is 0 Å². The molecule has 2 rings (SSSR count). The fourth-order valence-electron chi connectivity index (χ4n) is 2.45. The van der Waals surface area contributed by atoms with Gasteiger partial charge in [-0.25, -0.2) is 4.98 Å². The zero-order valence-electron chi connectivity index (χ0n) is 13.3. The van der Waals surface area contributed by atoms with Crippen molar-refractivity contribution < 1.29 is 0 Å². The zero-order chi connectivity index (χ0) is 15.1. The van der Waals surface area contributed by atoms with Crippen LogP contribution >= 0.6 is 0 Å². The van der Waals surface area contributed by atoms with Crippen LogP contribution in [-0.4, -0.2) is 28.0 Å². The third-order valence-electron chi connectivity index (χ3n) is 3.95. The van der Waals surface area contributed by atoms with Gasteiger partial charge in [0.1, 0.15) is 0 Å². The highest BCUT2D eigenvalue weighted by molar-refractivity contribution is 5.27. The first-order chi connectivity index (χ1) is 10.2. The van der Waals surface area contributed by atoms with Crippen molar-refractivity contribution in [3.63, 3.8) is 0 Å². The molecule has 2 N–H and O–H groups in total. The maximum Gasteiger partial charge on any atom is 0.0925 e. The Hall–Kier alpha value is -1.65. The monoisotopic (exact) mass is 286 g/mol. The summed E-state index contributed by atoms with van der Waals surface area (Å²) >= 11 is 0. The Labute approximate surface area is 127 Å². The van der Waals surface area contributed by atoms with E-state index in [1.807, 2.05) is 0 Å². The second-order valence-corrected chi connectivity index (χ2v) is 5.31. The van der Waals surface area contributed by atoms with Crippen LogP contribution in [0.15, 0.2) is 30.6 Å². The van der Waals surface area contributed by atoms with Gasteiger partial charge in [-0.1, -0.05) is 38.1 Å². The highest BCUT2D eigenvalue weighted by atomic mass is 15.1. The van der Waals surface area contributed by atoms with Gasteiger partial charge in [0.05, 0.1) is 12.0 Å². The van der Waals surface area contributed by atoms with E-state index in [0.29, 0.717) is 0 Å². The van der Waals surface area contributed by atoms with E-state index in [4.69, 9.17) is 0 Å². The van der Waals surface area contributed by atoms with Gasteiger partial charge in [0.15, 0.2) is 0 Å². The molecule has 0 radical (unpaired) electrons. The molecule has 2 aromatic rings. The fourth-order valence-corrected chi connectivity index (χ4v) is 2.45. The SMILES string of the molecule is CCN(CC)Cc1ccccc1CNCc1nc[nH]c1C. The van der Waals surface area contributed by atoms with Crippen molar-refractivity contribution >= 4 is 0 Å². The van der Waals surface area contributed by atoms with Gasteiger partial charge < -0.3 is 10.3 Å². The van der Waals surface area contributed by atoms with Crippen LogP contribution in [-0.2, 0) is 19.6 Å². The summed E-state index contributed by atoms with van der Waals surface area (Å²) in [6.45, 7) is 11.4. The summed E-state index contributed by atoms with van der Waals surface area (Å²) in [6, 6.07) is 8.68. The van der Waals surface area contributed by atoms with Crippen molar-refractivity contribution in [3.8, 4) is 0 Å². The van der Waals surface area contributed by atoms with E-state index in [-0.39, 0.29) is 0 Å². The molecule has 0 atom stereocenters. The van der Waals surface area contributed by atoms with Crippen molar-refractivity contribution in [1.29, 1.82) is 0 Å². The lowest BCUT2D eigenvalue weighted by atomic mass is 10.1. The van der Waals surface area contributed by atoms with Crippen LogP contribution in [0.4, 0.5) is 0 Å². The highest BCUT2D eigenvalue weighted by Gasteiger charge is 2.06. The molecule has 21 heavy (non-hydrogen) atoms. The molecule has 1 aromatic carbocycles. The predicted molar refractivity (Wildman–Crippen MR) is 86.9 cm³/mol. The number of hydrogen-bond acceptors (Lipinski definition) is 3. The first-order valence-electron chi connectivity index (χ1n) is 7.73. The zero-order valence-corrected chi connectivity index (χ0v) is 13.3. The minimum absolute atomic E-state index is 0.801. The Balaban J connectivity index is 1.95. The lowest BCUT2D eigenvalue weighted by Gasteiger charge is -2.20. The summed E-state index contributed by atoms with van der Waals surface area (Å²) in [5.74, 6) is 0. The minimum atomic E-state index is 0.801.